The topological polar surface area (TPSA) is 32.3 Å². The van der Waals surface area contributed by atoms with Crippen LogP contribution in [0.25, 0.3) is 0 Å². The van der Waals surface area contributed by atoms with E-state index < -0.39 is 0 Å². The summed E-state index contributed by atoms with van der Waals surface area (Å²) >= 11 is 5.89. The van der Waals surface area contributed by atoms with Crippen molar-refractivity contribution in [3.8, 4) is 0 Å². The summed E-state index contributed by atoms with van der Waals surface area (Å²) in [4.78, 5) is 14.8. The molecular weight excluding hydrogens is 344 g/mol. The predicted molar refractivity (Wildman–Crippen MR) is 107 cm³/mol. The largest absolute Gasteiger partial charge is 0.356 e. The van der Waals surface area contributed by atoms with Crippen LogP contribution in [0, 0.1) is 12.8 Å². The van der Waals surface area contributed by atoms with Crippen molar-refractivity contribution in [1.29, 1.82) is 0 Å². The molecule has 4 heteroatoms. The number of rotatable bonds is 6. The van der Waals surface area contributed by atoms with Gasteiger partial charge in [-0.1, -0.05) is 53.6 Å². The fourth-order valence-corrected chi connectivity index (χ4v) is 3.56. The quantitative estimate of drug-likeness (QED) is 0.825. The summed E-state index contributed by atoms with van der Waals surface area (Å²) in [6.07, 6.45) is 2.73. The van der Waals surface area contributed by atoms with E-state index in [-0.39, 0.29) is 11.8 Å². The Kier molecular flexibility index (Phi) is 6.70. The van der Waals surface area contributed by atoms with Crippen molar-refractivity contribution in [3.05, 3.63) is 70.2 Å². The van der Waals surface area contributed by atoms with Crippen molar-refractivity contribution in [2.24, 2.45) is 5.92 Å². The second kappa shape index (κ2) is 9.20. The minimum absolute atomic E-state index is 0.148. The molecule has 1 amide bonds. The number of hydrogen-bond donors (Lipinski definition) is 1. The molecule has 3 nitrogen and oxygen atoms in total. The third kappa shape index (κ3) is 5.58. The van der Waals surface area contributed by atoms with Crippen LogP contribution in [0.15, 0.2) is 48.5 Å². The molecule has 1 heterocycles. The van der Waals surface area contributed by atoms with Gasteiger partial charge in [-0.05, 0) is 62.5 Å². The number of nitrogens with zero attached hydrogens (tertiary/aromatic N) is 1. The fraction of sp³-hybridized carbons (Fsp3) is 0.409. The van der Waals surface area contributed by atoms with Crippen molar-refractivity contribution in [1.82, 2.24) is 10.2 Å². The number of benzene rings is 2. The van der Waals surface area contributed by atoms with Gasteiger partial charge in [0.05, 0.1) is 0 Å². The van der Waals surface area contributed by atoms with E-state index >= 15 is 0 Å². The Hall–Kier alpha value is -1.84. The molecule has 0 aliphatic carbocycles. The van der Waals surface area contributed by atoms with Gasteiger partial charge in [-0.15, -0.1) is 0 Å². The Morgan fingerprint density at radius 1 is 1.04 bits per heavy atom. The SMILES string of the molecule is Cc1ccc(CN2CCC(C(=O)NCCc3ccc(Cl)cc3)CC2)cc1. The zero-order valence-electron chi connectivity index (χ0n) is 15.4. The first-order chi connectivity index (χ1) is 12.6. The molecule has 0 saturated carbocycles. The first-order valence-electron chi connectivity index (χ1n) is 9.40. The first-order valence-corrected chi connectivity index (χ1v) is 9.78. The molecule has 1 N–H and O–H groups in total. The Balaban J connectivity index is 1.37. The highest BCUT2D eigenvalue weighted by atomic mass is 35.5. The number of carbonyl (C=O) groups is 1. The Bertz CT molecular complexity index is 704. The second-order valence-corrected chi connectivity index (χ2v) is 7.64. The predicted octanol–water partition coefficient (Wildman–Crippen LogP) is 4.22. The lowest BCUT2D eigenvalue weighted by Gasteiger charge is -2.31. The highest BCUT2D eigenvalue weighted by Crippen LogP contribution is 2.19. The van der Waals surface area contributed by atoms with Crippen molar-refractivity contribution in [2.75, 3.05) is 19.6 Å². The van der Waals surface area contributed by atoms with Gasteiger partial charge in [-0.2, -0.15) is 0 Å². The van der Waals surface area contributed by atoms with Crippen LogP contribution in [0.2, 0.25) is 5.02 Å². The number of likely N-dealkylation sites (tertiary alicyclic amines) is 1. The van der Waals surface area contributed by atoms with Crippen LogP contribution in [-0.4, -0.2) is 30.4 Å². The number of nitrogens with one attached hydrogen (secondary N) is 1. The van der Waals surface area contributed by atoms with Crippen molar-refractivity contribution in [2.45, 2.75) is 32.7 Å². The van der Waals surface area contributed by atoms with Gasteiger partial charge in [0.25, 0.3) is 0 Å². The molecule has 0 spiro atoms. The lowest BCUT2D eigenvalue weighted by molar-refractivity contribution is -0.126. The molecular formula is C22H27ClN2O. The van der Waals surface area contributed by atoms with Crippen LogP contribution in [0.3, 0.4) is 0 Å². The molecule has 2 aromatic carbocycles. The standard InChI is InChI=1S/C22H27ClN2O/c1-17-2-4-19(5-3-17)16-25-14-11-20(12-15-25)22(26)24-13-10-18-6-8-21(23)9-7-18/h2-9,20H,10-16H2,1H3,(H,24,26). The Morgan fingerprint density at radius 3 is 2.31 bits per heavy atom. The van der Waals surface area contributed by atoms with E-state index in [9.17, 15) is 4.79 Å². The van der Waals surface area contributed by atoms with Crippen LogP contribution >= 0.6 is 11.6 Å². The molecule has 0 aromatic heterocycles. The van der Waals surface area contributed by atoms with Gasteiger partial charge in [0.15, 0.2) is 0 Å². The summed E-state index contributed by atoms with van der Waals surface area (Å²) < 4.78 is 0. The maximum atomic E-state index is 12.4. The zero-order chi connectivity index (χ0) is 18.4. The number of hydrogen-bond acceptors (Lipinski definition) is 2. The molecule has 0 unspecified atom stereocenters. The first kappa shape index (κ1) is 18.9. The van der Waals surface area contributed by atoms with E-state index in [1.54, 1.807) is 0 Å². The Labute approximate surface area is 161 Å². The van der Waals surface area contributed by atoms with E-state index in [1.165, 1.54) is 16.7 Å². The zero-order valence-corrected chi connectivity index (χ0v) is 16.1. The van der Waals surface area contributed by atoms with E-state index in [0.29, 0.717) is 6.54 Å². The maximum absolute atomic E-state index is 12.4. The minimum Gasteiger partial charge on any atom is -0.356 e. The molecule has 138 valence electrons. The average Bonchev–Trinajstić information content (AvgIpc) is 2.66. The van der Waals surface area contributed by atoms with Crippen LogP contribution in [-0.2, 0) is 17.8 Å². The number of aryl methyl sites for hydroxylation is 1. The third-order valence-corrected chi connectivity index (χ3v) is 5.36. The van der Waals surface area contributed by atoms with Gasteiger partial charge in [-0.3, -0.25) is 9.69 Å². The van der Waals surface area contributed by atoms with Crippen LogP contribution in [0.5, 0.6) is 0 Å². The van der Waals surface area contributed by atoms with Crippen LogP contribution in [0.1, 0.15) is 29.5 Å². The van der Waals surface area contributed by atoms with Gasteiger partial charge < -0.3 is 5.32 Å². The van der Waals surface area contributed by atoms with Gasteiger partial charge in [0.1, 0.15) is 0 Å². The number of amides is 1. The van der Waals surface area contributed by atoms with Gasteiger partial charge in [-0.25, -0.2) is 0 Å². The Morgan fingerprint density at radius 2 is 1.65 bits per heavy atom. The second-order valence-electron chi connectivity index (χ2n) is 7.20. The summed E-state index contributed by atoms with van der Waals surface area (Å²) in [7, 11) is 0. The van der Waals surface area contributed by atoms with E-state index in [2.05, 4.69) is 41.4 Å². The van der Waals surface area contributed by atoms with Crippen molar-refractivity contribution in [3.63, 3.8) is 0 Å². The molecule has 0 radical (unpaired) electrons. The number of carbonyl (C=O) groups excluding carboxylic acids is 1. The summed E-state index contributed by atoms with van der Waals surface area (Å²) in [5, 5.41) is 3.84. The molecule has 2 aromatic rings. The highest BCUT2D eigenvalue weighted by molar-refractivity contribution is 6.30. The summed E-state index contributed by atoms with van der Waals surface area (Å²) in [5.41, 5.74) is 3.84. The van der Waals surface area contributed by atoms with Crippen molar-refractivity contribution < 1.29 is 4.79 Å². The summed E-state index contributed by atoms with van der Waals surface area (Å²) in [5.74, 6) is 0.350. The number of halogens is 1. The molecule has 3 rings (SSSR count). The van der Waals surface area contributed by atoms with Crippen molar-refractivity contribution >= 4 is 17.5 Å². The number of piperidine rings is 1. The molecule has 0 bridgehead atoms. The molecule has 0 atom stereocenters. The molecule has 1 aliphatic rings. The van der Waals surface area contributed by atoms with E-state index in [4.69, 9.17) is 11.6 Å². The monoisotopic (exact) mass is 370 g/mol. The molecule has 26 heavy (non-hydrogen) atoms. The van der Waals surface area contributed by atoms with Gasteiger partial charge in [0.2, 0.25) is 5.91 Å². The summed E-state index contributed by atoms with van der Waals surface area (Å²) in [6, 6.07) is 16.5. The van der Waals surface area contributed by atoms with E-state index in [0.717, 1.165) is 43.9 Å². The lowest BCUT2D eigenvalue weighted by Crippen LogP contribution is -2.40. The lowest BCUT2D eigenvalue weighted by atomic mass is 9.95. The van der Waals surface area contributed by atoms with E-state index in [1.807, 2.05) is 24.3 Å². The summed E-state index contributed by atoms with van der Waals surface area (Å²) in [6.45, 7) is 5.75. The highest BCUT2D eigenvalue weighted by Gasteiger charge is 2.24. The third-order valence-electron chi connectivity index (χ3n) is 5.11. The van der Waals surface area contributed by atoms with Gasteiger partial charge in [0, 0.05) is 24.0 Å². The average molecular weight is 371 g/mol. The normalized spacial score (nSPS) is 15.8. The van der Waals surface area contributed by atoms with Gasteiger partial charge >= 0.3 is 0 Å². The smallest absolute Gasteiger partial charge is 0.223 e. The van der Waals surface area contributed by atoms with Crippen LogP contribution in [0.4, 0.5) is 0 Å². The molecule has 1 saturated heterocycles. The fourth-order valence-electron chi connectivity index (χ4n) is 3.43. The minimum atomic E-state index is 0.148. The maximum Gasteiger partial charge on any atom is 0.223 e. The van der Waals surface area contributed by atoms with Crippen LogP contribution < -0.4 is 5.32 Å². The molecule has 1 fully saturated rings. The molecule has 1 aliphatic heterocycles.